The summed E-state index contributed by atoms with van der Waals surface area (Å²) in [4.78, 5) is 31.8. The Morgan fingerprint density at radius 3 is 2.33 bits per heavy atom. The van der Waals surface area contributed by atoms with Crippen LogP contribution in [0.3, 0.4) is 0 Å². The van der Waals surface area contributed by atoms with Crippen LogP contribution in [-0.2, 0) is 14.4 Å². The van der Waals surface area contributed by atoms with Crippen molar-refractivity contribution < 1.29 is 24.6 Å². The summed E-state index contributed by atoms with van der Waals surface area (Å²) >= 11 is 0. The molecular weight excluding hydrogens is 202 g/mol. The SMILES string of the molecule is C#CCCC(=O)N[C@@H](CC(=O)O)C(=O)O. The summed E-state index contributed by atoms with van der Waals surface area (Å²) in [7, 11) is 0. The maximum atomic E-state index is 11.0. The highest BCUT2D eigenvalue weighted by Gasteiger charge is 2.22. The van der Waals surface area contributed by atoms with Gasteiger partial charge < -0.3 is 15.5 Å². The topological polar surface area (TPSA) is 104 Å². The van der Waals surface area contributed by atoms with Gasteiger partial charge in [0.1, 0.15) is 6.04 Å². The molecule has 0 rings (SSSR count). The van der Waals surface area contributed by atoms with Crippen molar-refractivity contribution in [3.63, 3.8) is 0 Å². The number of carbonyl (C=O) groups excluding carboxylic acids is 1. The van der Waals surface area contributed by atoms with Crippen LogP contribution in [-0.4, -0.2) is 34.1 Å². The minimum atomic E-state index is -1.41. The third kappa shape index (κ3) is 6.10. The lowest BCUT2D eigenvalue weighted by molar-refractivity contribution is -0.147. The monoisotopic (exact) mass is 213 g/mol. The Bertz CT molecular complexity index is 304. The molecule has 0 unspecified atom stereocenters. The number of nitrogens with one attached hydrogen (secondary N) is 1. The van der Waals surface area contributed by atoms with E-state index in [0.29, 0.717) is 0 Å². The molecule has 0 spiro atoms. The molecule has 1 amide bonds. The van der Waals surface area contributed by atoms with Gasteiger partial charge in [-0.3, -0.25) is 9.59 Å². The van der Waals surface area contributed by atoms with Crippen molar-refractivity contribution in [3.05, 3.63) is 0 Å². The lowest BCUT2D eigenvalue weighted by atomic mass is 10.2. The molecule has 0 aromatic heterocycles. The smallest absolute Gasteiger partial charge is 0.326 e. The van der Waals surface area contributed by atoms with Gasteiger partial charge in [0.05, 0.1) is 6.42 Å². The number of terminal acetylenes is 1. The van der Waals surface area contributed by atoms with E-state index in [1.165, 1.54) is 0 Å². The van der Waals surface area contributed by atoms with Crippen LogP contribution in [0.2, 0.25) is 0 Å². The summed E-state index contributed by atoms with van der Waals surface area (Å²) in [6.07, 6.45) is 4.42. The van der Waals surface area contributed by atoms with Crippen molar-refractivity contribution in [3.8, 4) is 12.3 Å². The summed E-state index contributed by atoms with van der Waals surface area (Å²) in [5, 5.41) is 19.0. The first-order chi connectivity index (χ1) is 6.97. The summed E-state index contributed by atoms with van der Waals surface area (Å²) < 4.78 is 0. The Morgan fingerprint density at radius 1 is 1.33 bits per heavy atom. The van der Waals surface area contributed by atoms with E-state index in [4.69, 9.17) is 16.6 Å². The molecule has 1 atom stereocenters. The van der Waals surface area contributed by atoms with E-state index in [1.807, 2.05) is 0 Å². The molecule has 0 fully saturated rings. The molecule has 6 heteroatoms. The molecule has 15 heavy (non-hydrogen) atoms. The number of hydrogen-bond acceptors (Lipinski definition) is 3. The number of rotatable bonds is 6. The molecule has 3 N–H and O–H groups in total. The van der Waals surface area contributed by atoms with Gasteiger partial charge in [-0.15, -0.1) is 12.3 Å². The number of carboxylic acids is 2. The molecule has 0 aliphatic heterocycles. The maximum Gasteiger partial charge on any atom is 0.326 e. The van der Waals surface area contributed by atoms with Gasteiger partial charge in [-0.25, -0.2) is 4.79 Å². The highest BCUT2D eigenvalue weighted by atomic mass is 16.4. The second-order valence-electron chi connectivity index (χ2n) is 2.76. The van der Waals surface area contributed by atoms with E-state index in [9.17, 15) is 14.4 Å². The zero-order valence-corrected chi connectivity index (χ0v) is 7.90. The Hall–Kier alpha value is -2.03. The Balaban J connectivity index is 4.17. The maximum absolute atomic E-state index is 11.0. The molecular formula is C9H11NO5. The summed E-state index contributed by atoms with van der Waals surface area (Å²) in [5.74, 6) is -1.03. The van der Waals surface area contributed by atoms with E-state index in [-0.39, 0.29) is 12.8 Å². The Labute approximate surface area is 86.3 Å². The van der Waals surface area contributed by atoms with Crippen LogP contribution in [0.5, 0.6) is 0 Å². The number of aliphatic carboxylic acids is 2. The van der Waals surface area contributed by atoms with Crippen LogP contribution in [0.25, 0.3) is 0 Å². The van der Waals surface area contributed by atoms with E-state index in [1.54, 1.807) is 0 Å². The van der Waals surface area contributed by atoms with Crippen LogP contribution < -0.4 is 5.32 Å². The van der Waals surface area contributed by atoms with Crippen LogP contribution in [0, 0.1) is 12.3 Å². The summed E-state index contributed by atoms with van der Waals surface area (Å²) in [6.45, 7) is 0. The van der Waals surface area contributed by atoms with Crippen LogP contribution in [0.1, 0.15) is 19.3 Å². The lowest BCUT2D eigenvalue weighted by Crippen LogP contribution is -2.42. The third-order valence-electron chi connectivity index (χ3n) is 1.51. The molecule has 0 saturated carbocycles. The van der Waals surface area contributed by atoms with Crippen LogP contribution in [0.15, 0.2) is 0 Å². The van der Waals surface area contributed by atoms with Gasteiger partial charge in [-0.05, 0) is 0 Å². The summed E-state index contributed by atoms with van der Waals surface area (Å²) in [5.41, 5.74) is 0. The largest absolute Gasteiger partial charge is 0.481 e. The highest BCUT2D eigenvalue weighted by Crippen LogP contribution is 1.95. The van der Waals surface area contributed by atoms with Gasteiger partial charge in [-0.1, -0.05) is 0 Å². The molecule has 0 radical (unpaired) electrons. The van der Waals surface area contributed by atoms with Crippen LogP contribution in [0.4, 0.5) is 0 Å². The third-order valence-corrected chi connectivity index (χ3v) is 1.51. The number of hydrogen-bond donors (Lipinski definition) is 3. The highest BCUT2D eigenvalue weighted by molar-refractivity contribution is 5.86. The molecule has 0 aromatic carbocycles. The standard InChI is InChI=1S/C9H11NO5/c1-2-3-4-7(11)10-6(9(14)15)5-8(12)13/h1,6H,3-5H2,(H,10,11)(H,12,13)(H,14,15)/t6-/m0/s1. The number of carboxylic acid groups (broad SMARTS) is 2. The molecule has 0 bridgehead atoms. The van der Waals surface area contributed by atoms with Crippen molar-refractivity contribution in [2.45, 2.75) is 25.3 Å². The predicted molar refractivity (Wildman–Crippen MR) is 49.9 cm³/mol. The van der Waals surface area contributed by atoms with Gasteiger partial charge >= 0.3 is 11.9 Å². The van der Waals surface area contributed by atoms with Gasteiger partial charge in [-0.2, -0.15) is 0 Å². The van der Waals surface area contributed by atoms with Crippen molar-refractivity contribution >= 4 is 17.8 Å². The predicted octanol–water partition coefficient (Wildman–Crippen LogP) is -0.556. The fourth-order valence-electron chi connectivity index (χ4n) is 0.827. The fourth-order valence-corrected chi connectivity index (χ4v) is 0.827. The van der Waals surface area contributed by atoms with Crippen molar-refractivity contribution in [1.29, 1.82) is 0 Å². The fraction of sp³-hybridized carbons (Fsp3) is 0.444. The molecule has 6 nitrogen and oxygen atoms in total. The minimum absolute atomic E-state index is 0.0140. The lowest BCUT2D eigenvalue weighted by Gasteiger charge is -2.11. The van der Waals surface area contributed by atoms with E-state index < -0.39 is 30.3 Å². The van der Waals surface area contributed by atoms with Crippen molar-refractivity contribution in [2.24, 2.45) is 0 Å². The van der Waals surface area contributed by atoms with Crippen molar-refractivity contribution in [1.82, 2.24) is 5.32 Å². The first kappa shape index (κ1) is 13.0. The first-order valence-electron chi connectivity index (χ1n) is 4.14. The average molecular weight is 213 g/mol. The van der Waals surface area contributed by atoms with Crippen molar-refractivity contribution in [2.75, 3.05) is 0 Å². The van der Waals surface area contributed by atoms with Gasteiger partial charge in [0, 0.05) is 12.8 Å². The summed E-state index contributed by atoms with van der Waals surface area (Å²) in [6, 6.07) is -1.41. The Morgan fingerprint density at radius 2 is 1.93 bits per heavy atom. The second kappa shape index (κ2) is 6.43. The zero-order chi connectivity index (χ0) is 11.8. The average Bonchev–Trinajstić information content (AvgIpc) is 2.12. The van der Waals surface area contributed by atoms with Gasteiger partial charge in [0.2, 0.25) is 5.91 Å². The molecule has 0 saturated heterocycles. The van der Waals surface area contributed by atoms with E-state index >= 15 is 0 Å². The second-order valence-corrected chi connectivity index (χ2v) is 2.76. The minimum Gasteiger partial charge on any atom is -0.481 e. The zero-order valence-electron chi connectivity index (χ0n) is 7.90. The van der Waals surface area contributed by atoms with E-state index in [2.05, 4.69) is 11.2 Å². The number of amides is 1. The quantitative estimate of drug-likeness (QED) is 0.513. The Kier molecular flexibility index (Phi) is 5.56. The molecule has 0 heterocycles. The number of carbonyl (C=O) groups is 3. The molecule has 0 aliphatic rings. The van der Waals surface area contributed by atoms with Gasteiger partial charge in [0.15, 0.2) is 0 Å². The first-order valence-corrected chi connectivity index (χ1v) is 4.14. The van der Waals surface area contributed by atoms with Gasteiger partial charge in [0.25, 0.3) is 0 Å². The van der Waals surface area contributed by atoms with Crippen LogP contribution >= 0.6 is 0 Å². The molecule has 0 aliphatic carbocycles. The molecule has 82 valence electrons. The van der Waals surface area contributed by atoms with E-state index in [0.717, 1.165) is 0 Å². The molecule has 0 aromatic rings. The normalized spacial score (nSPS) is 11.1.